The molecule has 164 valence electrons. The van der Waals surface area contributed by atoms with E-state index in [2.05, 4.69) is 83.0 Å². The average Bonchev–Trinajstić information content (AvgIpc) is 3.27. The molecule has 0 aliphatic rings. The van der Waals surface area contributed by atoms with Crippen molar-refractivity contribution in [3.8, 4) is 0 Å². The van der Waals surface area contributed by atoms with E-state index in [1.165, 1.54) is 5.52 Å². The van der Waals surface area contributed by atoms with Crippen LogP contribution >= 0.6 is 24.0 Å². The minimum Gasteiger partial charge on any atom is -0.443 e. The van der Waals surface area contributed by atoms with Crippen LogP contribution in [0.4, 0.5) is 0 Å². The minimum absolute atomic E-state index is 0. The van der Waals surface area contributed by atoms with Gasteiger partial charge in [-0.25, -0.2) is 15.0 Å². The van der Waals surface area contributed by atoms with Gasteiger partial charge in [0.25, 0.3) is 0 Å². The average molecular weight is 524 g/mol. The summed E-state index contributed by atoms with van der Waals surface area (Å²) in [4.78, 5) is 13.6. The van der Waals surface area contributed by atoms with E-state index in [0.717, 1.165) is 49.1 Å². The Balaban J connectivity index is 0.00000320. The van der Waals surface area contributed by atoms with Gasteiger partial charge in [-0.3, -0.25) is 0 Å². The largest absolute Gasteiger partial charge is 0.443 e. The van der Waals surface area contributed by atoms with Crippen molar-refractivity contribution in [1.82, 2.24) is 25.2 Å². The lowest BCUT2D eigenvalue weighted by Gasteiger charge is -2.13. The lowest BCUT2D eigenvalue weighted by molar-refractivity contribution is 0.383. The summed E-state index contributed by atoms with van der Waals surface area (Å²) in [7, 11) is 0. The number of benzene rings is 1. The molecule has 0 unspecified atom stereocenters. The zero-order valence-corrected chi connectivity index (χ0v) is 20.9. The molecule has 0 bridgehead atoms. The molecule has 0 aliphatic carbocycles. The molecule has 0 aliphatic heterocycles. The van der Waals surface area contributed by atoms with Crippen molar-refractivity contribution in [1.29, 1.82) is 0 Å². The van der Waals surface area contributed by atoms with Crippen LogP contribution < -0.4 is 10.6 Å². The van der Waals surface area contributed by atoms with E-state index in [0.29, 0.717) is 12.4 Å². The number of hydrogen-bond donors (Lipinski definition) is 2. The molecule has 0 amide bonds. The van der Waals surface area contributed by atoms with Crippen molar-refractivity contribution in [2.75, 3.05) is 13.1 Å². The third-order valence-corrected chi connectivity index (χ3v) is 4.71. The van der Waals surface area contributed by atoms with Crippen molar-refractivity contribution in [3.05, 3.63) is 47.9 Å². The predicted molar refractivity (Wildman–Crippen MR) is 133 cm³/mol. The minimum atomic E-state index is -0.0483. The first kappa shape index (κ1) is 24.2. The van der Waals surface area contributed by atoms with E-state index in [1.54, 1.807) is 6.20 Å². The highest BCUT2D eigenvalue weighted by molar-refractivity contribution is 14.0. The molecule has 0 saturated heterocycles. The van der Waals surface area contributed by atoms with Crippen LogP contribution in [0.3, 0.4) is 0 Å². The van der Waals surface area contributed by atoms with Crippen LogP contribution in [0.5, 0.6) is 0 Å². The van der Waals surface area contributed by atoms with E-state index < -0.39 is 0 Å². The maximum absolute atomic E-state index is 5.82. The van der Waals surface area contributed by atoms with E-state index in [4.69, 9.17) is 4.42 Å². The molecule has 2 aromatic heterocycles. The van der Waals surface area contributed by atoms with Crippen LogP contribution in [-0.4, -0.2) is 33.6 Å². The number of oxazole rings is 1. The van der Waals surface area contributed by atoms with Gasteiger partial charge in [0.05, 0.1) is 17.2 Å². The maximum Gasteiger partial charge on any atom is 0.216 e. The molecular formula is C22H33IN6O. The van der Waals surface area contributed by atoms with E-state index in [1.807, 2.05) is 6.07 Å². The van der Waals surface area contributed by atoms with Crippen molar-refractivity contribution in [2.24, 2.45) is 4.99 Å². The summed E-state index contributed by atoms with van der Waals surface area (Å²) < 4.78 is 8.09. The van der Waals surface area contributed by atoms with Gasteiger partial charge in [0, 0.05) is 25.0 Å². The molecule has 3 rings (SSSR count). The number of para-hydroxylation sites is 2. The quantitative estimate of drug-likeness (QED) is 0.207. The molecule has 0 fully saturated rings. The fourth-order valence-corrected chi connectivity index (χ4v) is 3.14. The smallest absolute Gasteiger partial charge is 0.216 e. The Bertz CT molecular complexity index is 970. The molecule has 30 heavy (non-hydrogen) atoms. The molecule has 2 N–H and O–H groups in total. The van der Waals surface area contributed by atoms with Gasteiger partial charge in [-0.05, 0) is 32.4 Å². The second kappa shape index (κ2) is 10.8. The molecular weight excluding hydrogens is 491 g/mol. The van der Waals surface area contributed by atoms with Crippen molar-refractivity contribution in [3.63, 3.8) is 0 Å². The second-order valence-corrected chi connectivity index (χ2v) is 8.14. The monoisotopic (exact) mass is 524 g/mol. The van der Waals surface area contributed by atoms with Crippen molar-refractivity contribution >= 4 is 41.0 Å². The third kappa shape index (κ3) is 6.20. The Morgan fingerprint density at radius 3 is 2.67 bits per heavy atom. The van der Waals surface area contributed by atoms with Crippen LogP contribution in [0.25, 0.3) is 11.0 Å². The van der Waals surface area contributed by atoms with E-state index in [9.17, 15) is 0 Å². The molecule has 0 spiro atoms. The van der Waals surface area contributed by atoms with E-state index in [-0.39, 0.29) is 29.4 Å². The summed E-state index contributed by atoms with van der Waals surface area (Å²) in [5, 5.41) is 6.67. The number of imidazole rings is 1. The summed E-state index contributed by atoms with van der Waals surface area (Å²) in [6.07, 6.45) is 2.77. The molecule has 7 nitrogen and oxygen atoms in total. The van der Waals surface area contributed by atoms with Crippen LogP contribution in [0.1, 0.15) is 51.6 Å². The highest BCUT2D eigenvalue weighted by Gasteiger charge is 2.19. The Morgan fingerprint density at radius 1 is 1.20 bits per heavy atom. The van der Waals surface area contributed by atoms with Gasteiger partial charge in [0.2, 0.25) is 5.89 Å². The number of nitrogens with one attached hydrogen (secondary N) is 2. The van der Waals surface area contributed by atoms with Crippen LogP contribution in [0, 0.1) is 6.92 Å². The Morgan fingerprint density at radius 2 is 1.97 bits per heavy atom. The zero-order chi connectivity index (χ0) is 20.9. The number of fused-ring (bicyclic) bond motifs is 1. The van der Waals surface area contributed by atoms with E-state index >= 15 is 0 Å². The number of aromatic nitrogens is 3. The fraction of sp³-hybridized carbons (Fsp3) is 0.500. The van der Waals surface area contributed by atoms with Gasteiger partial charge in [-0.15, -0.1) is 24.0 Å². The lowest BCUT2D eigenvalue weighted by Crippen LogP contribution is -2.38. The standard InChI is InChI=1S/C22H32N6O.HI/c1-6-23-21(26-15-20-25-14-19(29-20)22(3,4)5)24-12-9-13-28-16(2)27-17-10-7-8-11-18(17)28;/h7-8,10-11,14H,6,9,12-13,15H2,1-5H3,(H2,23,24,26);1H. The summed E-state index contributed by atoms with van der Waals surface area (Å²) in [5.41, 5.74) is 2.19. The first-order chi connectivity index (χ1) is 13.9. The topological polar surface area (TPSA) is 80.3 Å². The summed E-state index contributed by atoms with van der Waals surface area (Å²) in [5.74, 6) is 3.33. The first-order valence-corrected chi connectivity index (χ1v) is 10.3. The number of nitrogens with zero attached hydrogens (tertiary/aromatic N) is 4. The summed E-state index contributed by atoms with van der Waals surface area (Å²) >= 11 is 0. The number of aryl methyl sites for hydroxylation is 2. The van der Waals surface area contributed by atoms with Crippen molar-refractivity contribution in [2.45, 2.75) is 59.5 Å². The Hall–Kier alpha value is -2.10. The third-order valence-electron chi connectivity index (χ3n) is 4.71. The lowest BCUT2D eigenvalue weighted by atomic mass is 9.94. The number of rotatable bonds is 7. The van der Waals surface area contributed by atoms with Crippen LogP contribution in [0.15, 0.2) is 39.9 Å². The molecule has 3 aromatic rings. The number of hydrogen-bond acceptors (Lipinski definition) is 4. The van der Waals surface area contributed by atoms with Gasteiger partial charge in [-0.2, -0.15) is 0 Å². The van der Waals surface area contributed by atoms with Gasteiger partial charge >= 0.3 is 0 Å². The van der Waals surface area contributed by atoms with Crippen LogP contribution in [0.2, 0.25) is 0 Å². The van der Waals surface area contributed by atoms with Gasteiger partial charge in [0.1, 0.15) is 18.1 Å². The second-order valence-electron chi connectivity index (χ2n) is 8.14. The normalized spacial score (nSPS) is 12.1. The van der Waals surface area contributed by atoms with Crippen molar-refractivity contribution < 1.29 is 4.42 Å². The first-order valence-electron chi connectivity index (χ1n) is 10.3. The Kier molecular flexibility index (Phi) is 8.69. The fourth-order valence-electron chi connectivity index (χ4n) is 3.14. The van der Waals surface area contributed by atoms with Gasteiger partial charge in [0.15, 0.2) is 5.96 Å². The van der Waals surface area contributed by atoms with Gasteiger partial charge < -0.3 is 19.6 Å². The molecule has 2 heterocycles. The van der Waals surface area contributed by atoms with Gasteiger partial charge in [-0.1, -0.05) is 32.9 Å². The molecule has 0 saturated carbocycles. The van der Waals surface area contributed by atoms with Crippen LogP contribution in [-0.2, 0) is 18.5 Å². The SMILES string of the molecule is CCNC(=NCc1ncc(C(C)(C)C)o1)NCCCn1c(C)nc2ccccc21.I. The Labute approximate surface area is 195 Å². The maximum atomic E-state index is 5.82. The number of guanidine groups is 1. The highest BCUT2D eigenvalue weighted by atomic mass is 127. The predicted octanol–water partition coefficient (Wildman–Crippen LogP) is 4.39. The molecule has 0 radical (unpaired) electrons. The molecule has 0 atom stereocenters. The molecule has 8 heteroatoms. The zero-order valence-electron chi connectivity index (χ0n) is 18.5. The highest BCUT2D eigenvalue weighted by Crippen LogP contribution is 2.22. The summed E-state index contributed by atoms with van der Waals surface area (Å²) in [6.45, 7) is 13.4. The molecule has 1 aromatic carbocycles. The number of halogens is 1. The number of aliphatic imine (C=N–C) groups is 1. The summed E-state index contributed by atoms with van der Waals surface area (Å²) in [6, 6.07) is 8.26.